The highest BCUT2D eigenvalue weighted by Gasteiger charge is 2.33. The maximum absolute atomic E-state index is 12.5. The topological polar surface area (TPSA) is 124 Å². The minimum Gasteiger partial charge on any atom is -0.329 e. The Morgan fingerprint density at radius 2 is 2.10 bits per heavy atom. The van der Waals surface area contributed by atoms with Crippen molar-refractivity contribution in [3.05, 3.63) is 11.4 Å². The number of nitrogens with zero attached hydrogens (tertiary/aromatic N) is 2. The van der Waals surface area contributed by atoms with Gasteiger partial charge >= 0.3 is 0 Å². The van der Waals surface area contributed by atoms with Gasteiger partial charge in [-0.1, -0.05) is 0 Å². The van der Waals surface area contributed by atoms with Crippen LogP contribution in [0.1, 0.15) is 17.8 Å². The van der Waals surface area contributed by atoms with Crippen molar-refractivity contribution in [2.45, 2.75) is 37.8 Å². The van der Waals surface area contributed by atoms with E-state index in [2.05, 4.69) is 9.82 Å². The molecule has 1 saturated heterocycles. The zero-order valence-corrected chi connectivity index (χ0v) is 13.7. The monoisotopic (exact) mass is 336 g/mol. The summed E-state index contributed by atoms with van der Waals surface area (Å²) in [5, 5.41) is 4.17. The van der Waals surface area contributed by atoms with Gasteiger partial charge in [0, 0.05) is 12.6 Å². The van der Waals surface area contributed by atoms with Crippen LogP contribution in [0.5, 0.6) is 0 Å². The lowest BCUT2D eigenvalue weighted by Crippen LogP contribution is -2.36. The molecule has 1 aromatic rings. The fourth-order valence-electron chi connectivity index (χ4n) is 2.58. The highest BCUT2D eigenvalue weighted by Crippen LogP contribution is 2.21. The Balaban J connectivity index is 2.28. The van der Waals surface area contributed by atoms with Crippen molar-refractivity contribution in [2.75, 3.05) is 18.1 Å². The van der Waals surface area contributed by atoms with Crippen LogP contribution in [0.2, 0.25) is 0 Å². The van der Waals surface area contributed by atoms with Crippen molar-refractivity contribution in [1.82, 2.24) is 14.5 Å². The molecule has 0 aliphatic carbocycles. The Labute approximate surface area is 124 Å². The van der Waals surface area contributed by atoms with Crippen LogP contribution in [-0.4, -0.2) is 50.7 Å². The number of sulfonamides is 1. The van der Waals surface area contributed by atoms with Crippen LogP contribution in [0.25, 0.3) is 0 Å². The molecule has 0 amide bonds. The molecule has 1 aliphatic heterocycles. The van der Waals surface area contributed by atoms with Gasteiger partial charge in [0.1, 0.15) is 4.90 Å². The van der Waals surface area contributed by atoms with E-state index in [1.807, 2.05) is 0 Å². The molecule has 21 heavy (non-hydrogen) atoms. The Morgan fingerprint density at radius 3 is 2.62 bits per heavy atom. The molecule has 0 aromatic carbocycles. The third-order valence-electron chi connectivity index (χ3n) is 3.48. The molecular weight excluding hydrogens is 316 g/mol. The molecule has 1 atom stereocenters. The standard InChI is InChI=1S/C11H20N4O4S2/c1-8-11(9(2)15(13-8)5-4-12)21(18,19)14-10-3-6-20(16,17)7-10/h10,14H,3-7,12H2,1-2H3. The summed E-state index contributed by atoms with van der Waals surface area (Å²) in [6, 6.07) is -0.573. The van der Waals surface area contributed by atoms with Gasteiger partial charge in [-0.3, -0.25) is 4.68 Å². The molecule has 120 valence electrons. The molecular formula is C11H20N4O4S2. The molecule has 0 saturated carbocycles. The average Bonchev–Trinajstić information content (AvgIpc) is 2.80. The maximum Gasteiger partial charge on any atom is 0.244 e. The second-order valence-corrected chi connectivity index (χ2v) is 9.11. The zero-order chi connectivity index (χ0) is 15.8. The van der Waals surface area contributed by atoms with Crippen molar-refractivity contribution in [1.29, 1.82) is 0 Å². The number of aromatic nitrogens is 2. The molecule has 10 heteroatoms. The fraction of sp³-hybridized carbons (Fsp3) is 0.727. The van der Waals surface area contributed by atoms with E-state index in [1.54, 1.807) is 18.5 Å². The van der Waals surface area contributed by atoms with Gasteiger partial charge in [-0.05, 0) is 20.3 Å². The highest BCUT2D eigenvalue weighted by atomic mass is 32.2. The first-order valence-electron chi connectivity index (χ1n) is 6.63. The summed E-state index contributed by atoms with van der Waals surface area (Å²) in [4.78, 5) is 0.111. The Hall–Kier alpha value is -0.970. The van der Waals surface area contributed by atoms with Crippen molar-refractivity contribution in [3.8, 4) is 0 Å². The minimum atomic E-state index is -3.79. The fourth-order valence-corrected chi connectivity index (χ4v) is 6.04. The number of sulfone groups is 1. The van der Waals surface area contributed by atoms with Crippen molar-refractivity contribution < 1.29 is 16.8 Å². The van der Waals surface area contributed by atoms with E-state index in [0.717, 1.165) is 0 Å². The van der Waals surface area contributed by atoms with Gasteiger partial charge in [-0.2, -0.15) is 5.10 Å². The first-order valence-corrected chi connectivity index (χ1v) is 9.93. The average molecular weight is 336 g/mol. The quantitative estimate of drug-likeness (QED) is 0.705. The predicted octanol–water partition coefficient (Wildman–Crippen LogP) is -1.08. The summed E-state index contributed by atoms with van der Waals surface area (Å²) in [6.45, 7) is 4.06. The summed E-state index contributed by atoms with van der Waals surface area (Å²) in [5.41, 5.74) is 6.36. The maximum atomic E-state index is 12.5. The van der Waals surface area contributed by atoms with Gasteiger partial charge in [0.2, 0.25) is 10.0 Å². The van der Waals surface area contributed by atoms with E-state index in [1.165, 1.54) is 0 Å². The molecule has 0 bridgehead atoms. The lowest BCUT2D eigenvalue weighted by atomic mass is 10.3. The number of rotatable bonds is 5. The molecule has 1 fully saturated rings. The summed E-state index contributed by atoms with van der Waals surface area (Å²) in [6.07, 6.45) is 0.302. The summed E-state index contributed by atoms with van der Waals surface area (Å²) in [7, 11) is -6.93. The van der Waals surface area contributed by atoms with Crippen LogP contribution in [0, 0.1) is 13.8 Å². The Kier molecular flexibility index (Phi) is 4.43. The molecule has 0 radical (unpaired) electrons. The van der Waals surface area contributed by atoms with Gasteiger partial charge in [0.05, 0.1) is 29.4 Å². The Bertz CT molecular complexity index is 737. The van der Waals surface area contributed by atoms with Crippen LogP contribution in [0.4, 0.5) is 0 Å². The molecule has 1 unspecified atom stereocenters. The smallest absolute Gasteiger partial charge is 0.244 e. The number of aryl methyl sites for hydroxylation is 1. The molecule has 1 aliphatic rings. The molecule has 2 heterocycles. The summed E-state index contributed by atoms with van der Waals surface area (Å²) >= 11 is 0. The van der Waals surface area contributed by atoms with Crippen LogP contribution in [0.3, 0.4) is 0 Å². The molecule has 3 N–H and O–H groups in total. The first-order chi connectivity index (χ1) is 9.66. The van der Waals surface area contributed by atoms with Gasteiger partial charge in [-0.25, -0.2) is 21.6 Å². The largest absolute Gasteiger partial charge is 0.329 e. The molecule has 8 nitrogen and oxygen atoms in total. The third kappa shape index (κ3) is 3.44. The SMILES string of the molecule is Cc1nn(CCN)c(C)c1S(=O)(=O)NC1CCS(=O)(=O)C1. The van der Waals surface area contributed by atoms with Gasteiger partial charge < -0.3 is 5.73 Å². The van der Waals surface area contributed by atoms with Crippen molar-refractivity contribution in [2.24, 2.45) is 5.73 Å². The highest BCUT2D eigenvalue weighted by molar-refractivity contribution is 7.92. The van der Waals surface area contributed by atoms with Gasteiger partial charge in [0.25, 0.3) is 0 Å². The van der Waals surface area contributed by atoms with E-state index in [0.29, 0.717) is 30.9 Å². The number of hydrogen-bond donors (Lipinski definition) is 2. The predicted molar refractivity (Wildman–Crippen MR) is 78.1 cm³/mol. The van der Waals surface area contributed by atoms with Crippen LogP contribution in [0.15, 0.2) is 4.90 Å². The van der Waals surface area contributed by atoms with Crippen molar-refractivity contribution in [3.63, 3.8) is 0 Å². The second-order valence-electron chi connectivity index (χ2n) is 5.23. The summed E-state index contributed by atoms with van der Waals surface area (Å²) in [5.74, 6) is -0.133. The third-order valence-corrected chi connectivity index (χ3v) is 7.02. The molecule has 0 spiro atoms. The lowest BCUT2D eigenvalue weighted by Gasteiger charge is -2.12. The number of hydrogen-bond acceptors (Lipinski definition) is 6. The van der Waals surface area contributed by atoms with E-state index in [-0.39, 0.29) is 16.4 Å². The lowest BCUT2D eigenvalue weighted by molar-refractivity contribution is 0.560. The summed E-state index contributed by atoms with van der Waals surface area (Å²) < 4.78 is 51.8. The van der Waals surface area contributed by atoms with E-state index < -0.39 is 25.9 Å². The normalized spacial score (nSPS) is 21.8. The number of nitrogens with two attached hydrogens (primary N) is 1. The zero-order valence-electron chi connectivity index (χ0n) is 12.0. The second kappa shape index (κ2) is 5.67. The van der Waals surface area contributed by atoms with Crippen LogP contribution >= 0.6 is 0 Å². The first kappa shape index (κ1) is 16.4. The van der Waals surface area contributed by atoms with E-state index >= 15 is 0 Å². The minimum absolute atomic E-state index is 0.0184. The van der Waals surface area contributed by atoms with Crippen LogP contribution < -0.4 is 10.5 Å². The van der Waals surface area contributed by atoms with Crippen molar-refractivity contribution >= 4 is 19.9 Å². The van der Waals surface area contributed by atoms with Gasteiger partial charge in [0.15, 0.2) is 9.84 Å². The van der Waals surface area contributed by atoms with Crippen LogP contribution in [-0.2, 0) is 26.4 Å². The number of nitrogens with one attached hydrogen (secondary N) is 1. The van der Waals surface area contributed by atoms with E-state index in [9.17, 15) is 16.8 Å². The Morgan fingerprint density at radius 1 is 1.43 bits per heavy atom. The molecule has 1 aromatic heterocycles. The van der Waals surface area contributed by atoms with Gasteiger partial charge in [-0.15, -0.1) is 0 Å². The van der Waals surface area contributed by atoms with E-state index in [4.69, 9.17) is 5.73 Å². The molecule has 2 rings (SSSR count).